The molecular formula is C15H15N5O4S. The summed E-state index contributed by atoms with van der Waals surface area (Å²) in [4.78, 5) is 16.6. The van der Waals surface area contributed by atoms with E-state index in [1.54, 1.807) is 24.3 Å². The molecule has 0 spiro atoms. The maximum absolute atomic E-state index is 12.2. The quantitative estimate of drug-likeness (QED) is 0.558. The molecule has 0 aliphatic heterocycles. The zero-order valence-electron chi connectivity index (χ0n) is 13.2. The number of H-pyrrole nitrogens is 1. The van der Waals surface area contributed by atoms with Gasteiger partial charge in [0.25, 0.3) is 15.6 Å². The highest BCUT2D eigenvalue weighted by atomic mass is 32.2. The van der Waals surface area contributed by atoms with Gasteiger partial charge in [-0.25, -0.2) is 8.42 Å². The molecule has 3 N–H and O–H groups in total. The lowest BCUT2D eigenvalue weighted by Gasteiger charge is -2.08. The van der Waals surface area contributed by atoms with Crippen LogP contribution < -0.4 is 15.8 Å². The highest BCUT2D eigenvalue weighted by Crippen LogP contribution is 2.09. The summed E-state index contributed by atoms with van der Waals surface area (Å²) in [5.41, 5.74) is 2.93. The fourth-order valence-corrected chi connectivity index (χ4v) is 2.85. The molecule has 9 nitrogen and oxygen atoms in total. The van der Waals surface area contributed by atoms with Crippen LogP contribution in [0.25, 0.3) is 0 Å². The van der Waals surface area contributed by atoms with Crippen LogP contribution in [0.15, 0.2) is 56.8 Å². The monoisotopic (exact) mass is 361 g/mol. The van der Waals surface area contributed by atoms with Crippen molar-refractivity contribution >= 4 is 16.0 Å². The van der Waals surface area contributed by atoms with Crippen molar-refractivity contribution in [1.29, 1.82) is 0 Å². The van der Waals surface area contributed by atoms with E-state index in [1.807, 2.05) is 6.92 Å². The topological polar surface area (TPSA) is 130 Å². The lowest BCUT2D eigenvalue weighted by Crippen LogP contribution is -2.32. The van der Waals surface area contributed by atoms with Crippen molar-refractivity contribution < 1.29 is 12.8 Å². The average Bonchev–Trinajstić information content (AvgIpc) is 3.09. The van der Waals surface area contributed by atoms with E-state index in [9.17, 15) is 13.2 Å². The third-order valence-electron chi connectivity index (χ3n) is 3.32. The molecule has 130 valence electrons. The van der Waals surface area contributed by atoms with Crippen LogP contribution in [0.3, 0.4) is 0 Å². The number of rotatable bonds is 6. The number of hydrogen-bond acceptors (Lipinski definition) is 7. The summed E-state index contributed by atoms with van der Waals surface area (Å²) in [7, 11) is -3.81. The Balaban J connectivity index is 1.70. The van der Waals surface area contributed by atoms with E-state index in [1.165, 1.54) is 18.4 Å². The third-order valence-corrected chi connectivity index (χ3v) is 4.59. The molecule has 0 saturated carbocycles. The van der Waals surface area contributed by atoms with Crippen molar-refractivity contribution in [3.63, 3.8) is 0 Å². The van der Waals surface area contributed by atoms with E-state index < -0.39 is 15.6 Å². The van der Waals surface area contributed by atoms with E-state index in [0.717, 1.165) is 5.56 Å². The van der Waals surface area contributed by atoms with Gasteiger partial charge in [0.1, 0.15) is 11.5 Å². The van der Waals surface area contributed by atoms with Gasteiger partial charge in [0, 0.05) is 0 Å². The van der Waals surface area contributed by atoms with E-state index >= 15 is 0 Å². The first kappa shape index (κ1) is 16.9. The first-order valence-electron chi connectivity index (χ1n) is 7.27. The molecule has 0 radical (unpaired) electrons. The van der Waals surface area contributed by atoms with Crippen molar-refractivity contribution in [1.82, 2.24) is 20.0 Å². The van der Waals surface area contributed by atoms with E-state index in [-0.39, 0.29) is 23.0 Å². The van der Waals surface area contributed by atoms with Crippen molar-refractivity contribution in [3.8, 4) is 0 Å². The Kier molecular flexibility index (Phi) is 4.63. The van der Waals surface area contributed by atoms with Gasteiger partial charge >= 0.3 is 0 Å². The summed E-state index contributed by atoms with van der Waals surface area (Å²) < 4.78 is 29.5. The Labute approximate surface area is 143 Å². The standard InChI is InChI=1S/C15H15N5O4S/c1-10-4-6-12(7-5-10)25(22,23)20-19-15-16-14(21)13(17-18-15)9-11-3-2-8-24-11/h2-8,20H,9H2,1H3,(H2,16,18,19,21). The van der Waals surface area contributed by atoms with Gasteiger partial charge < -0.3 is 4.42 Å². The van der Waals surface area contributed by atoms with Gasteiger partial charge in [0.05, 0.1) is 17.6 Å². The molecule has 0 unspecified atom stereocenters. The molecule has 25 heavy (non-hydrogen) atoms. The molecule has 2 aromatic heterocycles. The molecule has 2 heterocycles. The number of furan rings is 1. The maximum Gasteiger partial charge on any atom is 0.274 e. The lowest BCUT2D eigenvalue weighted by atomic mass is 10.2. The summed E-state index contributed by atoms with van der Waals surface area (Å²) in [6, 6.07) is 9.72. The van der Waals surface area contributed by atoms with E-state index in [0.29, 0.717) is 5.76 Å². The summed E-state index contributed by atoms with van der Waals surface area (Å²) in [6.07, 6.45) is 1.68. The average molecular weight is 361 g/mol. The molecule has 1 aromatic carbocycles. The summed E-state index contributed by atoms with van der Waals surface area (Å²) in [5.74, 6) is 0.449. The van der Waals surface area contributed by atoms with Crippen LogP contribution in [0.4, 0.5) is 5.95 Å². The number of hydrogen-bond donors (Lipinski definition) is 3. The third kappa shape index (κ3) is 4.11. The Morgan fingerprint density at radius 2 is 1.92 bits per heavy atom. The number of aromatic amines is 1. The largest absolute Gasteiger partial charge is 0.469 e. The zero-order valence-corrected chi connectivity index (χ0v) is 14.0. The molecule has 0 fully saturated rings. The summed E-state index contributed by atoms with van der Waals surface area (Å²) in [6.45, 7) is 1.85. The molecule has 0 amide bonds. The smallest absolute Gasteiger partial charge is 0.274 e. The van der Waals surface area contributed by atoms with E-state index in [4.69, 9.17) is 4.42 Å². The molecule has 0 aliphatic carbocycles. The number of nitrogens with zero attached hydrogens (tertiary/aromatic N) is 2. The fourth-order valence-electron chi connectivity index (χ4n) is 2.00. The minimum absolute atomic E-state index is 0.0790. The van der Waals surface area contributed by atoms with Gasteiger partial charge in [-0.1, -0.05) is 17.7 Å². The van der Waals surface area contributed by atoms with Crippen molar-refractivity contribution in [2.24, 2.45) is 0 Å². The van der Waals surface area contributed by atoms with Gasteiger partial charge in [-0.3, -0.25) is 15.2 Å². The zero-order chi connectivity index (χ0) is 17.9. The first-order valence-corrected chi connectivity index (χ1v) is 8.75. The lowest BCUT2D eigenvalue weighted by molar-refractivity contribution is 0.517. The molecule has 10 heteroatoms. The second kappa shape index (κ2) is 6.87. The number of benzene rings is 1. The van der Waals surface area contributed by atoms with Crippen LogP contribution >= 0.6 is 0 Å². The molecule has 3 aromatic rings. The van der Waals surface area contributed by atoms with Gasteiger partial charge in [0.2, 0.25) is 5.95 Å². The predicted molar refractivity (Wildman–Crippen MR) is 89.3 cm³/mol. The molecule has 0 atom stereocenters. The Morgan fingerprint density at radius 1 is 1.16 bits per heavy atom. The summed E-state index contributed by atoms with van der Waals surface area (Å²) >= 11 is 0. The number of hydrazine groups is 1. The number of aryl methyl sites for hydroxylation is 1. The van der Waals surface area contributed by atoms with Gasteiger partial charge in [-0.2, -0.15) is 0 Å². The first-order chi connectivity index (χ1) is 11.9. The van der Waals surface area contributed by atoms with E-state index in [2.05, 4.69) is 25.4 Å². The second-order valence-corrected chi connectivity index (χ2v) is 6.93. The number of aromatic nitrogens is 3. The SMILES string of the molecule is Cc1ccc(S(=O)(=O)NNc2nnc(Cc3ccco3)c(=O)[nH]2)cc1. The molecular weight excluding hydrogens is 346 g/mol. The van der Waals surface area contributed by atoms with Crippen LogP contribution in [-0.4, -0.2) is 23.6 Å². The normalized spacial score (nSPS) is 11.4. The molecule has 3 rings (SSSR count). The van der Waals surface area contributed by atoms with Gasteiger partial charge in [0.15, 0.2) is 0 Å². The van der Waals surface area contributed by atoms with Crippen LogP contribution in [0.1, 0.15) is 17.0 Å². The summed E-state index contributed by atoms with van der Waals surface area (Å²) in [5, 5.41) is 7.53. The van der Waals surface area contributed by atoms with Crippen molar-refractivity contribution in [2.75, 3.05) is 5.43 Å². The Morgan fingerprint density at radius 3 is 2.56 bits per heavy atom. The van der Waals surface area contributed by atoms with Gasteiger partial charge in [-0.15, -0.1) is 15.0 Å². The van der Waals surface area contributed by atoms with Crippen LogP contribution in [0.2, 0.25) is 0 Å². The minimum atomic E-state index is -3.81. The molecule has 0 bridgehead atoms. The van der Waals surface area contributed by atoms with Crippen molar-refractivity contribution in [2.45, 2.75) is 18.2 Å². The van der Waals surface area contributed by atoms with Crippen LogP contribution in [0.5, 0.6) is 0 Å². The number of sulfonamides is 1. The molecule has 0 aliphatic rings. The second-order valence-electron chi connectivity index (χ2n) is 5.25. The highest BCUT2D eigenvalue weighted by Gasteiger charge is 2.14. The highest BCUT2D eigenvalue weighted by molar-refractivity contribution is 7.89. The van der Waals surface area contributed by atoms with Crippen molar-refractivity contribution in [3.05, 3.63) is 70.0 Å². The van der Waals surface area contributed by atoms with Gasteiger partial charge in [-0.05, 0) is 31.2 Å². The predicted octanol–water partition coefficient (Wildman–Crippen LogP) is 0.963. The van der Waals surface area contributed by atoms with Crippen LogP contribution in [-0.2, 0) is 16.4 Å². The minimum Gasteiger partial charge on any atom is -0.469 e. The maximum atomic E-state index is 12.2. The Hall–Kier alpha value is -2.98. The molecule has 0 saturated heterocycles. The number of nitrogens with one attached hydrogen (secondary N) is 3. The Bertz CT molecular complexity index is 1010. The fraction of sp³-hybridized carbons (Fsp3) is 0.133. The number of anilines is 1. The van der Waals surface area contributed by atoms with Crippen LogP contribution in [0, 0.1) is 6.92 Å².